The van der Waals surface area contributed by atoms with Gasteiger partial charge in [-0.25, -0.2) is 0 Å². The van der Waals surface area contributed by atoms with E-state index in [1.807, 2.05) is 10.9 Å². The number of nitrogens with zero attached hydrogens (tertiary/aromatic N) is 2. The van der Waals surface area contributed by atoms with Crippen molar-refractivity contribution in [2.24, 2.45) is 5.92 Å². The average Bonchev–Trinajstić information content (AvgIpc) is 2.65. The minimum absolute atomic E-state index is 0.210. The Kier molecular flexibility index (Phi) is 6.00. The third-order valence-electron chi connectivity index (χ3n) is 2.59. The second kappa shape index (κ2) is 7.02. The summed E-state index contributed by atoms with van der Waals surface area (Å²) in [5.41, 5.74) is 1.08. The molecule has 3 nitrogen and oxygen atoms in total. The van der Waals surface area contributed by atoms with Crippen LogP contribution in [0.4, 0.5) is 0 Å². The lowest BCUT2D eigenvalue weighted by Crippen LogP contribution is -2.24. The first-order chi connectivity index (χ1) is 7.99. The van der Waals surface area contributed by atoms with Crippen molar-refractivity contribution in [3.63, 3.8) is 0 Å². The Morgan fingerprint density at radius 2 is 2.06 bits per heavy atom. The maximum Gasteiger partial charge on any atom is 0.0762 e. The zero-order chi connectivity index (χ0) is 12.8. The molecule has 1 atom stereocenters. The largest absolute Gasteiger partial charge is 0.310 e. The Bertz CT molecular complexity index is 320. The Morgan fingerprint density at radius 1 is 1.35 bits per heavy atom. The zero-order valence-electron chi connectivity index (χ0n) is 11.3. The highest BCUT2D eigenvalue weighted by Gasteiger charge is 2.07. The van der Waals surface area contributed by atoms with Crippen molar-refractivity contribution in [3.8, 4) is 0 Å². The van der Waals surface area contributed by atoms with E-state index in [1.165, 1.54) is 0 Å². The molecule has 0 saturated heterocycles. The fourth-order valence-corrected chi connectivity index (χ4v) is 2.18. The average molecular weight is 258 g/mol. The minimum atomic E-state index is 0.210. The van der Waals surface area contributed by atoms with Crippen LogP contribution < -0.4 is 5.32 Å². The van der Waals surface area contributed by atoms with E-state index >= 15 is 0 Å². The predicted molar refractivity (Wildman–Crippen MR) is 73.4 cm³/mol. The Morgan fingerprint density at radius 3 is 2.59 bits per heavy atom. The molecule has 1 aromatic rings. The molecule has 1 N–H and O–H groups in total. The van der Waals surface area contributed by atoms with Crippen molar-refractivity contribution in [3.05, 3.63) is 18.0 Å². The molecule has 0 saturated carbocycles. The second-order valence-electron chi connectivity index (χ2n) is 5.24. The van der Waals surface area contributed by atoms with Gasteiger partial charge in [-0.3, -0.25) is 4.68 Å². The number of rotatable bonds is 7. The Hall–Kier alpha value is -0.540. The first-order valence-electron chi connectivity index (χ1n) is 6.38. The second-order valence-corrected chi connectivity index (χ2v) is 5.86. The van der Waals surface area contributed by atoms with Crippen molar-refractivity contribution in [1.29, 1.82) is 0 Å². The zero-order valence-corrected chi connectivity index (χ0v) is 12.0. The van der Waals surface area contributed by atoms with Crippen LogP contribution >= 0.6 is 11.6 Å². The number of nitrogens with one attached hydrogen (secondary N) is 1. The molecule has 1 rings (SSSR count). The summed E-state index contributed by atoms with van der Waals surface area (Å²) in [5, 5.41) is 8.04. The summed E-state index contributed by atoms with van der Waals surface area (Å²) in [6.07, 6.45) is 3.07. The topological polar surface area (TPSA) is 29.9 Å². The van der Waals surface area contributed by atoms with Crippen LogP contribution in [-0.2, 0) is 6.54 Å². The molecule has 0 aromatic carbocycles. The summed E-state index contributed by atoms with van der Waals surface area (Å²) in [6, 6.07) is 2.48. The van der Waals surface area contributed by atoms with E-state index in [9.17, 15) is 0 Å². The number of hydrogen-bond donors (Lipinski definition) is 1. The summed E-state index contributed by atoms with van der Waals surface area (Å²) >= 11 is 6.21. The Labute approximate surface area is 110 Å². The SMILES string of the molecule is CC(C)CC(Cl)CNCc1ccn(C(C)C)n1. The van der Waals surface area contributed by atoms with Crippen LogP contribution in [0.25, 0.3) is 0 Å². The van der Waals surface area contributed by atoms with Gasteiger partial charge in [0.05, 0.1) is 5.69 Å². The number of halogens is 1. The maximum absolute atomic E-state index is 6.21. The molecule has 0 radical (unpaired) electrons. The van der Waals surface area contributed by atoms with Gasteiger partial charge in [-0.1, -0.05) is 13.8 Å². The highest BCUT2D eigenvalue weighted by atomic mass is 35.5. The highest BCUT2D eigenvalue weighted by Crippen LogP contribution is 2.10. The van der Waals surface area contributed by atoms with Gasteiger partial charge in [-0.05, 0) is 32.3 Å². The van der Waals surface area contributed by atoms with Crippen LogP contribution in [0.15, 0.2) is 12.3 Å². The number of alkyl halides is 1. The van der Waals surface area contributed by atoms with Crippen molar-refractivity contribution >= 4 is 11.6 Å². The van der Waals surface area contributed by atoms with E-state index in [0.29, 0.717) is 12.0 Å². The quantitative estimate of drug-likeness (QED) is 0.761. The molecule has 17 heavy (non-hydrogen) atoms. The van der Waals surface area contributed by atoms with Crippen molar-refractivity contribution in [2.45, 2.75) is 52.1 Å². The fraction of sp³-hybridized carbons (Fsp3) is 0.769. The van der Waals surface area contributed by atoms with E-state index in [-0.39, 0.29) is 5.38 Å². The van der Waals surface area contributed by atoms with E-state index < -0.39 is 0 Å². The minimum Gasteiger partial charge on any atom is -0.310 e. The maximum atomic E-state index is 6.21. The summed E-state index contributed by atoms with van der Waals surface area (Å²) in [7, 11) is 0. The predicted octanol–water partition coefficient (Wildman–Crippen LogP) is 3.21. The Balaban J connectivity index is 2.26. The third kappa shape index (κ3) is 5.55. The first kappa shape index (κ1) is 14.5. The molecule has 1 unspecified atom stereocenters. The van der Waals surface area contributed by atoms with Gasteiger partial charge in [0.1, 0.15) is 0 Å². The molecule has 1 aromatic heterocycles. The molecule has 98 valence electrons. The van der Waals surface area contributed by atoms with Gasteiger partial charge < -0.3 is 5.32 Å². The van der Waals surface area contributed by atoms with Crippen LogP contribution in [0, 0.1) is 5.92 Å². The summed E-state index contributed by atoms with van der Waals surface area (Å²) in [5.74, 6) is 0.652. The van der Waals surface area contributed by atoms with Crippen LogP contribution in [0.2, 0.25) is 0 Å². The van der Waals surface area contributed by atoms with Crippen LogP contribution in [0.3, 0.4) is 0 Å². The van der Waals surface area contributed by atoms with Gasteiger partial charge in [-0.2, -0.15) is 5.10 Å². The van der Waals surface area contributed by atoms with E-state index in [4.69, 9.17) is 11.6 Å². The highest BCUT2D eigenvalue weighted by molar-refractivity contribution is 6.20. The molecule has 0 aliphatic carbocycles. The van der Waals surface area contributed by atoms with Crippen molar-refractivity contribution in [1.82, 2.24) is 15.1 Å². The lowest BCUT2D eigenvalue weighted by molar-refractivity contribution is 0.512. The smallest absolute Gasteiger partial charge is 0.0762 e. The molecule has 0 spiro atoms. The van der Waals surface area contributed by atoms with Gasteiger partial charge in [-0.15, -0.1) is 11.6 Å². The standard InChI is InChI=1S/C13H24ClN3/c1-10(2)7-12(14)8-15-9-13-5-6-17(16-13)11(3)4/h5-6,10-12,15H,7-9H2,1-4H3. The fourth-order valence-electron chi connectivity index (χ4n) is 1.71. The van der Waals surface area contributed by atoms with Gasteiger partial charge in [0.15, 0.2) is 0 Å². The molecular formula is C13H24ClN3. The lowest BCUT2D eigenvalue weighted by Gasteiger charge is -2.12. The summed E-state index contributed by atoms with van der Waals surface area (Å²) in [6.45, 7) is 10.3. The molecule has 1 heterocycles. The van der Waals surface area contributed by atoms with Crippen molar-refractivity contribution in [2.75, 3.05) is 6.54 Å². The van der Waals surface area contributed by atoms with E-state index in [2.05, 4.69) is 44.2 Å². The molecule has 0 bridgehead atoms. The van der Waals surface area contributed by atoms with Gasteiger partial charge in [0, 0.05) is 30.7 Å². The molecule has 4 heteroatoms. The van der Waals surface area contributed by atoms with Gasteiger partial charge >= 0.3 is 0 Å². The number of hydrogen-bond acceptors (Lipinski definition) is 2. The van der Waals surface area contributed by atoms with Crippen LogP contribution in [0.1, 0.15) is 45.9 Å². The van der Waals surface area contributed by atoms with Crippen molar-refractivity contribution < 1.29 is 0 Å². The lowest BCUT2D eigenvalue weighted by atomic mass is 10.1. The molecule has 0 aliphatic heterocycles. The van der Waals surface area contributed by atoms with Gasteiger partial charge in [0.25, 0.3) is 0 Å². The summed E-state index contributed by atoms with van der Waals surface area (Å²) in [4.78, 5) is 0. The van der Waals surface area contributed by atoms with E-state index in [0.717, 1.165) is 25.2 Å². The normalized spacial score (nSPS) is 13.6. The monoisotopic (exact) mass is 257 g/mol. The number of aromatic nitrogens is 2. The van der Waals surface area contributed by atoms with Crippen LogP contribution in [-0.4, -0.2) is 21.7 Å². The van der Waals surface area contributed by atoms with Gasteiger partial charge in [0.2, 0.25) is 0 Å². The first-order valence-corrected chi connectivity index (χ1v) is 6.81. The molecule has 0 aliphatic rings. The molecule has 0 fully saturated rings. The van der Waals surface area contributed by atoms with Crippen LogP contribution in [0.5, 0.6) is 0 Å². The molecule has 0 amide bonds. The van der Waals surface area contributed by atoms with E-state index in [1.54, 1.807) is 0 Å². The molecular weight excluding hydrogens is 234 g/mol. The summed E-state index contributed by atoms with van der Waals surface area (Å²) < 4.78 is 1.98. The third-order valence-corrected chi connectivity index (χ3v) is 2.92.